The predicted octanol–water partition coefficient (Wildman–Crippen LogP) is 3.94. The maximum Gasteiger partial charge on any atom is 0.241 e. The molecule has 0 aliphatic heterocycles. The van der Waals surface area contributed by atoms with Gasteiger partial charge in [-0.1, -0.05) is 30.3 Å². The summed E-state index contributed by atoms with van der Waals surface area (Å²) >= 11 is 1.62. The van der Waals surface area contributed by atoms with Gasteiger partial charge in [0.15, 0.2) is 5.82 Å². The summed E-state index contributed by atoms with van der Waals surface area (Å²) in [7, 11) is 5.39. The molecule has 0 aliphatic rings. The van der Waals surface area contributed by atoms with Gasteiger partial charge in [-0.25, -0.2) is 9.97 Å². The molecule has 1 aromatic carbocycles. The van der Waals surface area contributed by atoms with Crippen LogP contribution in [-0.4, -0.2) is 53.4 Å². The third kappa shape index (κ3) is 3.95. The van der Waals surface area contributed by atoms with Crippen molar-refractivity contribution >= 4 is 33.3 Å². The molecule has 0 aliphatic carbocycles. The van der Waals surface area contributed by atoms with E-state index in [9.17, 15) is 4.79 Å². The summed E-state index contributed by atoms with van der Waals surface area (Å²) in [5.41, 5.74) is 1.98. The smallest absolute Gasteiger partial charge is 0.241 e. The highest BCUT2D eigenvalue weighted by Gasteiger charge is 2.18. The Morgan fingerprint density at radius 1 is 1.00 bits per heavy atom. The molecule has 146 valence electrons. The minimum Gasteiger partial charge on any atom is -0.350 e. The highest BCUT2D eigenvalue weighted by Crippen LogP contribution is 2.37. The lowest BCUT2D eigenvalue weighted by Gasteiger charge is -2.21. The molecule has 0 unspecified atom stereocenters. The molecule has 3 heterocycles. The van der Waals surface area contributed by atoms with E-state index in [1.54, 1.807) is 42.7 Å². The van der Waals surface area contributed by atoms with Gasteiger partial charge in [0.05, 0.1) is 11.9 Å². The monoisotopic (exact) mass is 403 g/mol. The quantitative estimate of drug-likeness (QED) is 0.505. The fourth-order valence-corrected chi connectivity index (χ4v) is 4.02. The zero-order chi connectivity index (χ0) is 20.4. The van der Waals surface area contributed by atoms with Gasteiger partial charge in [-0.15, -0.1) is 11.3 Å². The third-order valence-electron chi connectivity index (χ3n) is 4.58. The largest absolute Gasteiger partial charge is 0.350 e. The number of fused-ring (bicyclic) bond motifs is 1. The number of likely N-dealkylation sites (N-methyl/N-ethyl adjacent to an activating group) is 2. The normalized spacial score (nSPS) is 10.9. The number of hydrogen-bond acceptors (Lipinski definition) is 6. The lowest BCUT2D eigenvalue weighted by molar-refractivity contribution is -0.127. The van der Waals surface area contributed by atoms with Crippen molar-refractivity contribution in [1.29, 1.82) is 0 Å². The number of rotatable bonds is 5. The van der Waals surface area contributed by atoms with Crippen molar-refractivity contribution in [2.45, 2.75) is 0 Å². The van der Waals surface area contributed by atoms with Crippen LogP contribution in [0.1, 0.15) is 0 Å². The average Bonchev–Trinajstić information content (AvgIpc) is 3.18. The second-order valence-electron chi connectivity index (χ2n) is 6.95. The Morgan fingerprint density at radius 2 is 1.76 bits per heavy atom. The summed E-state index contributed by atoms with van der Waals surface area (Å²) in [4.78, 5) is 31.5. The molecular formula is C22H21N5OS. The lowest BCUT2D eigenvalue weighted by Crippen LogP contribution is -2.34. The first kappa shape index (κ1) is 19.0. The van der Waals surface area contributed by atoms with Gasteiger partial charge in [0.1, 0.15) is 10.6 Å². The van der Waals surface area contributed by atoms with Crippen LogP contribution in [0.15, 0.2) is 60.9 Å². The number of aromatic nitrogens is 3. The van der Waals surface area contributed by atoms with Crippen LogP contribution in [0.5, 0.6) is 0 Å². The zero-order valence-electron chi connectivity index (χ0n) is 16.5. The predicted molar refractivity (Wildman–Crippen MR) is 118 cm³/mol. The molecule has 29 heavy (non-hydrogen) atoms. The van der Waals surface area contributed by atoms with Crippen molar-refractivity contribution in [2.24, 2.45) is 0 Å². The fourth-order valence-electron chi connectivity index (χ4n) is 2.99. The average molecular weight is 404 g/mol. The molecule has 4 aromatic rings. The fraction of sp³-hybridized carbons (Fsp3) is 0.182. The Labute approximate surface area is 173 Å². The van der Waals surface area contributed by atoms with E-state index in [1.165, 1.54) is 0 Å². The Kier molecular flexibility index (Phi) is 5.22. The van der Waals surface area contributed by atoms with Crippen molar-refractivity contribution in [3.8, 4) is 21.8 Å². The van der Waals surface area contributed by atoms with Crippen LogP contribution in [0, 0.1) is 0 Å². The summed E-state index contributed by atoms with van der Waals surface area (Å²) in [5.74, 6) is 1.36. The van der Waals surface area contributed by atoms with Gasteiger partial charge in [-0.3, -0.25) is 9.78 Å². The number of amides is 1. The molecule has 3 aromatic heterocycles. The molecule has 0 saturated heterocycles. The molecule has 0 spiro atoms. The van der Waals surface area contributed by atoms with E-state index in [2.05, 4.69) is 23.2 Å². The first-order chi connectivity index (χ1) is 14.0. The van der Waals surface area contributed by atoms with Gasteiger partial charge in [-0.2, -0.15) is 0 Å². The van der Waals surface area contributed by atoms with Crippen molar-refractivity contribution in [3.05, 3.63) is 60.9 Å². The van der Waals surface area contributed by atoms with Crippen LogP contribution in [0.25, 0.3) is 32.0 Å². The summed E-state index contributed by atoms with van der Waals surface area (Å²) in [5, 5.41) is 0.940. The maximum absolute atomic E-state index is 12.3. The number of pyridine rings is 1. The Balaban J connectivity index is 1.86. The first-order valence-electron chi connectivity index (χ1n) is 9.21. The molecule has 4 rings (SSSR count). The van der Waals surface area contributed by atoms with Crippen molar-refractivity contribution in [1.82, 2.24) is 19.9 Å². The minimum atomic E-state index is 0.0145. The van der Waals surface area contributed by atoms with Crippen molar-refractivity contribution in [2.75, 3.05) is 32.6 Å². The summed E-state index contributed by atoms with van der Waals surface area (Å²) < 4.78 is 0. The molecule has 0 saturated carbocycles. The molecule has 0 bridgehead atoms. The van der Waals surface area contributed by atoms with Crippen LogP contribution in [0.3, 0.4) is 0 Å². The van der Waals surface area contributed by atoms with Crippen molar-refractivity contribution in [3.63, 3.8) is 0 Å². The van der Waals surface area contributed by atoms with E-state index in [1.807, 2.05) is 42.3 Å². The summed E-state index contributed by atoms with van der Waals surface area (Å²) in [6.45, 7) is 0.238. The van der Waals surface area contributed by atoms with Gasteiger partial charge in [0.2, 0.25) is 5.91 Å². The van der Waals surface area contributed by atoms with Crippen LogP contribution in [0.2, 0.25) is 0 Å². The molecule has 0 radical (unpaired) electrons. The highest BCUT2D eigenvalue weighted by atomic mass is 32.1. The number of carbonyl (C=O) groups is 1. The van der Waals surface area contributed by atoms with E-state index in [4.69, 9.17) is 9.97 Å². The molecule has 1 amide bonds. The van der Waals surface area contributed by atoms with Crippen LogP contribution < -0.4 is 4.90 Å². The van der Waals surface area contributed by atoms with Gasteiger partial charge in [-0.05, 0) is 23.8 Å². The molecule has 0 fully saturated rings. The van der Waals surface area contributed by atoms with E-state index < -0.39 is 0 Å². The SMILES string of the molecule is CN(C)C(=O)CN(C)c1nc(-c2cccnc2)nc2sc(-c3ccccc3)cc12. The summed E-state index contributed by atoms with van der Waals surface area (Å²) in [6, 6.07) is 16.1. The van der Waals surface area contributed by atoms with E-state index in [-0.39, 0.29) is 12.5 Å². The van der Waals surface area contributed by atoms with Crippen LogP contribution >= 0.6 is 11.3 Å². The second kappa shape index (κ2) is 7.97. The van der Waals surface area contributed by atoms with Gasteiger partial charge >= 0.3 is 0 Å². The van der Waals surface area contributed by atoms with E-state index in [0.29, 0.717) is 5.82 Å². The molecule has 0 atom stereocenters. The van der Waals surface area contributed by atoms with E-state index in [0.717, 1.165) is 32.0 Å². The van der Waals surface area contributed by atoms with E-state index >= 15 is 0 Å². The molecule has 6 nitrogen and oxygen atoms in total. The standard InChI is InChI=1S/C22H21N5OS/c1-26(2)19(28)14-27(3)21-17-12-18(15-8-5-4-6-9-15)29-22(17)25-20(24-21)16-10-7-11-23-13-16/h4-13H,14H2,1-3H3. The number of nitrogens with zero attached hydrogens (tertiary/aromatic N) is 5. The highest BCUT2D eigenvalue weighted by molar-refractivity contribution is 7.22. The number of thiophene rings is 1. The molecular weight excluding hydrogens is 382 g/mol. The molecule has 7 heteroatoms. The maximum atomic E-state index is 12.3. The second-order valence-corrected chi connectivity index (χ2v) is 7.98. The Hall–Kier alpha value is -3.32. The number of carbonyl (C=O) groups excluding carboxylic acids is 1. The van der Waals surface area contributed by atoms with Gasteiger partial charge < -0.3 is 9.80 Å². The zero-order valence-corrected chi connectivity index (χ0v) is 17.3. The molecule has 0 N–H and O–H groups in total. The first-order valence-corrected chi connectivity index (χ1v) is 10.0. The van der Waals surface area contributed by atoms with Gasteiger partial charge in [0.25, 0.3) is 0 Å². The summed E-state index contributed by atoms with van der Waals surface area (Å²) in [6.07, 6.45) is 3.48. The lowest BCUT2D eigenvalue weighted by atomic mass is 10.2. The number of hydrogen-bond donors (Lipinski definition) is 0. The van der Waals surface area contributed by atoms with Crippen LogP contribution in [0.4, 0.5) is 5.82 Å². The minimum absolute atomic E-state index is 0.0145. The Bertz CT molecular complexity index is 1140. The third-order valence-corrected chi connectivity index (χ3v) is 5.66. The number of benzene rings is 1. The van der Waals surface area contributed by atoms with Crippen molar-refractivity contribution < 1.29 is 4.79 Å². The van der Waals surface area contributed by atoms with Gasteiger partial charge in [0, 0.05) is 44.0 Å². The Morgan fingerprint density at radius 3 is 2.45 bits per heavy atom. The topological polar surface area (TPSA) is 62.2 Å². The van der Waals surface area contributed by atoms with Crippen LogP contribution in [-0.2, 0) is 4.79 Å². The number of anilines is 1.